The van der Waals surface area contributed by atoms with Crippen LogP contribution in [0.1, 0.15) is 23.2 Å². The van der Waals surface area contributed by atoms with Crippen molar-refractivity contribution in [3.63, 3.8) is 0 Å². The molecule has 1 unspecified atom stereocenters. The maximum absolute atomic E-state index is 13.5. The largest absolute Gasteiger partial charge is 0.405 e. The number of piperazine rings is 1. The Hall–Kier alpha value is -1.78. The van der Waals surface area contributed by atoms with Gasteiger partial charge < -0.3 is 10.6 Å². The van der Waals surface area contributed by atoms with Gasteiger partial charge in [0.1, 0.15) is 17.7 Å². The van der Waals surface area contributed by atoms with Gasteiger partial charge in [-0.1, -0.05) is 0 Å². The van der Waals surface area contributed by atoms with Crippen LogP contribution in [0.2, 0.25) is 0 Å². The monoisotopic (exact) mass is 429 g/mol. The number of carbonyl (C=O) groups is 2. The molecule has 0 bridgehead atoms. The molecule has 1 aliphatic heterocycles. The molecule has 1 heterocycles. The van der Waals surface area contributed by atoms with Gasteiger partial charge in [0.25, 0.3) is 0 Å². The molecule has 1 aromatic rings. The van der Waals surface area contributed by atoms with Crippen LogP contribution < -0.4 is 10.6 Å². The summed E-state index contributed by atoms with van der Waals surface area (Å²) in [4.78, 5) is 25.0. The summed E-state index contributed by atoms with van der Waals surface area (Å²) in [6.07, 6.45) is -5.28. The fourth-order valence-corrected chi connectivity index (χ4v) is 2.82. The number of halogens is 6. The third-order valence-electron chi connectivity index (χ3n) is 4.27. The van der Waals surface area contributed by atoms with E-state index in [-0.39, 0.29) is 37.5 Å². The molecule has 28 heavy (non-hydrogen) atoms. The van der Waals surface area contributed by atoms with Crippen LogP contribution in [0.5, 0.6) is 0 Å². The van der Waals surface area contributed by atoms with Crippen LogP contribution in [0.4, 0.5) is 22.0 Å². The van der Waals surface area contributed by atoms with Gasteiger partial charge >= 0.3 is 6.18 Å². The van der Waals surface area contributed by atoms with Gasteiger partial charge in [0.05, 0.1) is 5.56 Å². The molecule has 0 aliphatic carbocycles. The number of alkyl halides is 3. The summed E-state index contributed by atoms with van der Waals surface area (Å²) in [6.45, 7) is 0.655. The second-order valence-electron chi connectivity index (χ2n) is 6.19. The first-order valence-corrected chi connectivity index (χ1v) is 8.45. The molecule has 1 aromatic carbocycles. The van der Waals surface area contributed by atoms with Crippen LogP contribution in [0.25, 0.3) is 0 Å². The smallest absolute Gasteiger partial charge is 0.354 e. The maximum atomic E-state index is 13.5. The fourth-order valence-electron chi connectivity index (χ4n) is 2.82. The lowest BCUT2D eigenvalue weighted by Gasteiger charge is -2.35. The molecule has 1 atom stereocenters. The molecule has 0 radical (unpaired) electrons. The van der Waals surface area contributed by atoms with Gasteiger partial charge in [0, 0.05) is 51.6 Å². The SMILES string of the molecule is Cl.O=C(CCC(=O)c1ccc(F)cc1F)NCC(N1CCNCC1)C(F)(F)F. The Morgan fingerprint density at radius 3 is 2.36 bits per heavy atom. The van der Waals surface area contributed by atoms with Gasteiger partial charge in [-0.15, -0.1) is 12.4 Å². The normalized spacial score (nSPS) is 16.2. The van der Waals surface area contributed by atoms with Gasteiger partial charge in [-0.2, -0.15) is 13.2 Å². The molecule has 0 aromatic heterocycles. The van der Waals surface area contributed by atoms with Crippen molar-refractivity contribution in [2.45, 2.75) is 25.1 Å². The van der Waals surface area contributed by atoms with E-state index in [1.54, 1.807) is 0 Å². The highest BCUT2D eigenvalue weighted by atomic mass is 35.5. The van der Waals surface area contributed by atoms with Gasteiger partial charge in [-0.25, -0.2) is 8.78 Å². The minimum atomic E-state index is -4.50. The average molecular weight is 430 g/mol. The molecule has 1 fully saturated rings. The van der Waals surface area contributed by atoms with Crippen molar-refractivity contribution >= 4 is 24.1 Å². The summed E-state index contributed by atoms with van der Waals surface area (Å²) in [5.74, 6) is -3.35. The molecule has 0 spiro atoms. The van der Waals surface area contributed by atoms with E-state index in [2.05, 4.69) is 10.6 Å². The predicted octanol–water partition coefficient (Wildman–Crippen LogP) is 2.30. The number of ketones is 1. The van der Waals surface area contributed by atoms with Crippen LogP contribution in [-0.2, 0) is 4.79 Å². The maximum Gasteiger partial charge on any atom is 0.405 e. The summed E-state index contributed by atoms with van der Waals surface area (Å²) in [7, 11) is 0. The van der Waals surface area contributed by atoms with Crippen molar-refractivity contribution in [1.29, 1.82) is 0 Å². The first-order valence-electron chi connectivity index (χ1n) is 8.45. The predicted molar refractivity (Wildman–Crippen MR) is 94.5 cm³/mol. The fraction of sp³-hybridized carbons (Fsp3) is 0.529. The summed E-state index contributed by atoms with van der Waals surface area (Å²) in [5.41, 5.74) is -0.363. The van der Waals surface area contributed by atoms with E-state index in [4.69, 9.17) is 0 Å². The van der Waals surface area contributed by atoms with Gasteiger partial charge in [-0.05, 0) is 12.1 Å². The van der Waals surface area contributed by atoms with Crippen molar-refractivity contribution in [2.24, 2.45) is 0 Å². The highest BCUT2D eigenvalue weighted by Gasteiger charge is 2.43. The summed E-state index contributed by atoms with van der Waals surface area (Å²) in [5, 5.41) is 5.14. The number of amides is 1. The molecule has 5 nitrogen and oxygen atoms in total. The highest BCUT2D eigenvalue weighted by Crippen LogP contribution is 2.24. The number of hydrogen-bond donors (Lipinski definition) is 2. The molecule has 1 saturated heterocycles. The Morgan fingerprint density at radius 1 is 1.14 bits per heavy atom. The second-order valence-corrected chi connectivity index (χ2v) is 6.19. The number of carbonyl (C=O) groups excluding carboxylic acids is 2. The lowest BCUT2D eigenvalue weighted by atomic mass is 10.1. The number of rotatable bonds is 7. The van der Waals surface area contributed by atoms with Crippen LogP contribution in [-0.4, -0.2) is 61.5 Å². The number of Topliss-reactive ketones (excluding diaryl/α,β-unsaturated/α-hetero) is 1. The molecule has 158 valence electrons. The van der Waals surface area contributed by atoms with Crippen molar-refractivity contribution in [1.82, 2.24) is 15.5 Å². The van der Waals surface area contributed by atoms with Crippen molar-refractivity contribution < 1.29 is 31.5 Å². The standard InChI is InChI=1S/C17H20F5N3O2.ClH/c18-11-1-2-12(13(19)9-11)14(26)3-4-16(27)24-10-15(17(20,21)22)25-7-5-23-6-8-25;/h1-2,9,15,23H,3-8,10H2,(H,24,27);1H. The van der Waals surface area contributed by atoms with Crippen LogP contribution in [0.15, 0.2) is 18.2 Å². The lowest BCUT2D eigenvalue weighted by molar-refractivity contribution is -0.184. The number of nitrogens with one attached hydrogen (secondary N) is 2. The molecule has 0 saturated carbocycles. The molecule has 1 aliphatic rings. The molecular weight excluding hydrogens is 409 g/mol. The van der Waals surface area contributed by atoms with Gasteiger partial charge in [-0.3, -0.25) is 14.5 Å². The molecule has 2 rings (SSSR count). The third-order valence-corrected chi connectivity index (χ3v) is 4.27. The van der Waals surface area contributed by atoms with E-state index in [1.807, 2.05) is 0 Å². The zero-order chi connectivity index (χ0) is 20.0. The first kappa shape index (κ1) is 24.3. The summed E-state index contributed by atoms with van der Waals surface area (Å²) >= 11 is 0. The molecule has 11 heteroatoms. The van der Waals surface area contributed by atoms with E-state index < -0.39 is 48.5 Å². The highest BCUT2D eigenvalue weighted by molar-refractivity contribution is 5.98. The van der Waals surface area contributed by atoms with Crippen LogP contribution in [0, 0.1) is 11.6 Å². The first-order chi connectivity index (χ1) is 12.7. The Labute approximate surface area is 165 Å². The number of nitrogens with zero attached hydrogens (tertiary/aromatic N) is 1. The minimum absolute atomic E-state index is 0. The Morgan fingerprint density at radius 2 is 1.79 bits per heavy atom. The van der Waals surface area contributed by atoms with Crippen molar-refractivity contribution in [3.05, 3.63) is 35.4 Å². The Bertz CT molecular complexity index is 681. The van der Waals surface area contributed by atoms with E-state index in [9.17, 15) is 31.5 Å². The van der Waals surface area contributed by atoms with Crippen molar-refractivity contribution in [2.75, 3.05) is 32.7 Å². The van der Waals surface area contributed by atoms with Crippen LogP contribution >= 0.6 is 12.4 Å². The number of benzene rings is 1. The van der Waals surface area contributed by atoms with E-state index in [1.165, 1.54) is 4.90 Å². The summed E-state index contributed by atoms with van der Waals surface area (Å²) in [6, 6.07) is 0.621. The van der Waals surface area contributed by atoms with E-state index in [0.717, 1.165) is 12.1 Å². The second kappa shape index (κ2) is 10.7. The number of hydrogen-bond acceptors (Lipinski definition) is 4. The third kappa shape index (κ3) is 6.99. The van der Waals surface area contributed by atoms with Crippen LogP contribution in [0.3, 0.4) is 0 Å². The molecular formula is C17H21ClF5N3O2. The lowest BCUT2D eigenvalue weighted by Crippen LogP contribution is -2.57. The topological polar surface area (TPSA) is 61.4 Å². The minimum Gasteiger partial charge on any atom is -0.354 e. The quantitative estimate of drug-likeness (QED) is 0.516. The Kier molecular flexibility index (Phi) is 9.25. The zero-order valence-electron chi connectivity index (χ0n) is 14.8. The Balaban J connectivity index is 0.00000392. The van der Waals surface area contributed by atoms with Gasteiger partial charge in [0.2, 0.25) is 5.91 Å². The van der Waals surface area contributed by atoms with E-state index in [0.29, 0.717) is 19.2 Å². The summed E-state index contributed by atoms with van der Waals surface area (Å²) < 4.78 is 66.0. The molecule has 2 N–H and O–H groups in total. The average Bonchev–Trinajstić information content (AvgIpc) is 2.59. The zero-order valence-corrected chi connectivity index (χ0v) is 15.6. The van der Waals surface area contributed by atoms with E-state index >= 15 is 0 Å². The molecule has 1 amide bonds. The van der Waals surface area contributed by atoms with Crippen molar-refractivity contribution in [3.8, 4) is 0 Å². The van der Waals surface area contributed by atoms with Gasteiger partial charge in [0.15, 0.2) is 5.78 Å².